The molecule has 1 unspecified atom stereocenters. The third kappa shape index (κ3) is 4.29. The fourth-order valence-corrected chi connectivity index (χ4v) is 3.90. The van der Waals surface area contributed by atoms with E-state index in [0.29, 0.717) is 18.8 Å². The third-order valence-electron chi connectivity index (χ3n) is 5.33. The second-order valence-corrected chi connectivity index (χ2v) is 7.33. The van der Waals surface area contributed by atoms with Gasteiger partial charge in [-0.2, -0.15) is 0 Å². The van der Waals surface area contributed by atoms with Crippen LogP contribution in [0.2, 0.25) is 0 Å². The van der Waals surface area contributed by atoms with Crippen LogP contribution in [0, 0.1) is 6.92 Å². The summed E-state index contributed by atoms with van der Waals surface area (Å²) in [5.74, 6) is 2.52. The van der Waals surface area contributed by atoms with Crippen LogP contribution in [0.1, 0.15) is 35.8 Å². The van der Waals surface area contributed by atoms with Crippen molar-refractivity contribution in [3.8, 4) is 17.3 Å². The third-order valence-corrected chi connectivity index (χ3v) is 5.33. The molecule has 1 aromatic carbocycles. The first-order valence-corrected chi connectivity index (χ1v) is 9.89. The summed E-state index contributed by atoms with van der Waals surface area (Å²) in [7, 11) is 1.63. The number of methoxy groups -OCH3 is 1. The number of carbonyl (C=O) groups excluding carboxylic acids is 1. The molecule has 3 aromatic rings. The van der Waals surface area contributed by atoms with E-state index >= 15 is 0 Å². The Hall–Kier alpha value is -3.22. The number of H-pyrrole nitrogens is 1. The van der Waals surface area contributed by atoms with E-state index in [0.717, 1.165) is 47.9 Å². The summed E-state index contributed by atoms with van der Waals surface area (Å²) in [6, 6.07) is 9.68. The summed E-state index contributed by atoms with van der Waals surface area (Å²) in [4.78, 5) is 31.5. The lowest BCUT2D eigenvalue weighted by atomic mass is 9.93. The van der Waals surface area contributed by atoms with E-state index in [9.17, 15) is 4.79 Å². The number of hydrogen-bond donors (Lipinski definition) is 1. The van der Waals surface area contributed by atoms with Gasteiger partial charge in [-0.25, -0.2) is 15.0 Å². The van der Waals surface area contributed by atoms with Gasteiger partial charge in [0.1, 0.15) is 17.3 Å². The predicted octanol–water partition coefficient (Wildman–Crippen LogP) is 3.13. The monoisotopic (exact) mass is 391 g/mol. The minimum Gasteiger partial charge on any atom is -0.496 e. The molecule has 1 aliphatic heterocycles. The minimum atomic E-state index is 0.122. The smallest absolute Gasteiger partial charge is 0.227 e. The zero-order valence-electron chi connectivity index (χ0n) is 16.8. The highest BCUT2D eigenvalue weighted by atomic mass is 16.5. The molecule has 29 heavy (non-hydrogen) atoms. The molecule has 0 spiro atoms. The van der Waals surface area contributed by atoms with Crippen molar-refractivity contribution in [2.24, 2.45) is 0 Å². The van der Waals surface area contributed by atoms with Gasteiger partial charge in [-0.1, -0.05) is 18.2 Å². The zero-order valence-corrected chi connectivity index (χ0v) is 16.8. The fourth-order valence-electron chi connectivity index (χ4n) is 3.90. The molecule has 0 bridgehead atoms. The van der Waals surface area contributed by atoms with Crippen LogP contribution in [0.5, 0.6) is 5.75 Å². The first-order chi connectivity index (χ1) is 14.1. The molecular formula is C22H25N5O2. The number of hydrogen-bond acceptors (Lipinski definition) is 5. The predicted molar refractivity (Wildman–Crippen MR) is 110 cm³/mol. The molecule has 0 saturated carbocycles. The normalized spacial score (nSPS) is 16.6. The van der Waals surface area contributed by atoms with Gasteiger partial charge in [-0.05, 0) is 31.9 Å². The molecule has 4 rings (SSSR count). The van der Waals surface area contributed by atoms with Crippen molar-refractivity contribution in [3.63, 3.8) is 0 Å². The molecule has 2 aromatic heterocycles. The number of likely N-dealkylation sites (tertiary alicyclic amines) is 1. The topological polar surface area (TPSA) is 84.0 Å². The van der Waals surface area contributed by atoms with Crippen LogP contribution >= 0.6 is 0 Å². The number of rotatable bonds is 5. The van der Waals surface area contributed by atoms with Crippen LogP contribution in [0.4, 0.5) is 0 Å². The van der Waals surface area contributed by atoms with Crippen molar-refractivity contribution >= 4 is 5.91 Å². The lowest BCUT2D eigenvalue weighted by Crippen LogP contribution is -2.40. The van der Waals surface area contributed by atoms with E-state index in [-0.39, 0.29) is 11.8 Å². The molecule has 1 atom stereocenters. The lowest BCUT2D eigenvalue weighted by molar-refractivity contribution is -0.131. The van der Waals surface area contributed by atoms with Crippen LogP contribution < -0.4 is 4.74 Å². The molecule has 0 radical (unpaired) electrons. The summed E-state index contributed by atoms with van der Waals surface area (Å²) in [5.41, 5.74) is 2.67. The number of para-hydroxylation sites is 1. The number of amides is 1. The van der Waals surface area contributed by atoms with Crippen LogP contribution in [0.25, 0.3) is 11.5 Å². The molecule has 1 saturated heterocycles. The van der Waals surface area contributed by atoms with Gasteiger partial charge in [0.15, 0.2) is 5.82 Å². The van der Waals surface area contributed by atoms with Crippen molar-refractivity contribution in [1.82, 2.24) is 24.8 Å². The van der Waals surface area contributed by atoms with Crippen molar-refractivity contribution in [2.75, 3.05) is 20.2 Å². The van der Waals surface area contributed by atoms with E-state index < -0.39 is 0 Å². The number of aromatic amines is 1. The summed E-state index contributed by atoms with van der Waals surface area (Å²) in [6.07, 6.45) is 5.81. The number of aromatic nitrogens is 4. The average Bonchev–Trinajstić information content (AvgIpc) is 3.29. The van der Waals surface area contributed by atoms with Crippen LogP contribution in [-0.2, 0) is 11.2 Å². The van der Waals surface area contributed by atoms with E-state index in [1.807, 2.05) is 42.2 Å². The quantitative estimate of drug-likeness (QED) is 0.722. The number of nitrogens with one attached hydrogen (secondary N) is 1. The van der Waals surface area contributed by atoms with Gasteiger partial charge in [0.2, 0.25) is 5.91 Å². The number of carbonyl (C=O) groups is 1. The Kier molecular flexibility index (Phi) is 5.55. The maximum atomic E-state index is 13.0. The summed E-state index contributed by atoms with van der Waals surface area (Å²) in [6.45, 7) is 3.34. The van der Waals surface area contributed by atoms with Gasteiger partial charge < -0.3 is 14.6 Å². The Morgan fingerprint density at radius 2 is 2.17 bits per heavy atom. The molecule has 1 fully saturated rings. The fraction of sp³-hybridized carbons (Fsp3) is 0.364. The first-order valence-electron chi connectivity index (χ1n) is 9.89. The highest BCUT2D eigenvalue weighted by molar-refractivity contribution is 5.79. The standard InChI is InChI=1S/C22H25N5O2/c1-15-25-18(13-19(26-15)22-23-9-10-24-22)17-7-5-11-27(14-17)21(28)12-16-6-3-4-8-20(16)29-2/h3-4,6,8-10,13,17H,5,7,11-12,14H2,1-2H3,(H,23,24). The molecule has 1 N–H and O–H groups in total. The van der Waals surface area contributed by atoms with E-state index in [4.69, 9.17) is 4.74 Å². The van der Waals surface area contributed by atoms with Gasteiger partial charge in [0.25, 0.3) is 0 Å². The number of ether oxygens (including phenoxy) is 1. The highest BCUT2D eigenvalue weighted by Gasteiger charge is 2.27. The highest BCUT2D eigenvalue weighted by Crippen LogP contribution is 2.28. The van der Waals surface area contributed by atoms with Gasteiger partial charge >= 0.3 is 0 Å². The molecule has 150 valence electrons. The molecule has 3 heterocycles. The lowest BCUT2D eigenvalue weighted by Gasteiger charge is -2.33. The maximum absolute atomic E-state index is 13.0. The molecule has 7 nitrogen and oxygen atoms in total. The van der Waals surface area contributed by atoms with E-state index in [1.54, 1.807) is 19.5 Å². The minimum absolute atomic E-state index is 0.122. The Morgan fingerprint density at radius 3 is 2.97 bits per heavy atom. The average molecular weight is 391 g/mol. The Balaban J connectivity index is 1.50. The molecule has 1 amide bonds. The van der Waals surface area contributed by atoms with E-state index in [1.165, 1.54) is 0 Å². The molecular weight excluding hydrogens is 366 g/mol. The van der Waals surface area contributed by atoms with Crippen LogP contribution in [0.3, 0.4) is 0 Å². The number of piperidine rings is 1. The number of imidazole rings is 1. The largest absolute Gasteiger partial charge is 0.496 e. The number of nitrogens with zero attached hydrogens (tertiary/aromatic N) is 4. The molecule has 0 aliphatic carbocycles. The van der Waals surface area contributed by atoms with Gasteiger partial charge in [0.05, 0.1) is 13.5 Å². The molecule has 1 aliphatic rings. The van der Waals surface area contributed by atoms with Crippen LogP contribution in [-0.4, -0.2) is 50.9 Å². The number of aryl methyl sites for hydroxylation is 1. The van der Waals surface area contributed by atoms with Crippen LogP contribution in [0.15, 0.2) is 42.7 Å². The Bertz CT molecular complexity index is 987. The van der Waals surface area contributed by atoms with E-state index in [2.05, 4.69) is 19.9 Å². The van der Waals surface area contributed by atoms with Crippen molar-refractivity contribution < 1.29 is 9.53 Å². The summed E-state index contributed by atoms with van der Waals surface area (Å²) < 4.78 is 5.39. The summed E-state index contributed by atoms with van der Waals surface area (Å²) in [5, 5.41) is 0. The van der Waals surface area contributed by atoms with Gasteiger partial charge in [-0.3, -0.25) is 4.79 Å². The van der Waals surface area contributed by atoms with Crippen molar-refractivity contribution in [1.29, 1.82) is 0 Å². The zero-order chi connectivity index (χ0) is 20.2. The summed E-state index contributed by atoms with van der Waals surface area (Å²) >= 11 is 0. The van der Waals surface area contributed by atoms with Crippen molar-refractivity contribution in [2.45, 2.75) is 32.1 Å². The maximum Gasteiger partial charge on any atom is 0.227 e. The molecule has 7 heteroatoms. The van der Waals surface area contributed by atoms with Gasteiger partial charge in [0, 0.05) is 42.7 Å². The second kappa shape index (κ2) is 8.43. The van der Waals surface area contributed by atoms with Gasteiger partial charge in [-0.15, -0.1) is 0 Å². The Morgan fingerprint density at radius 1 is 1.31 bits per heavy atom. The number of benzene rings is 1. The SMILES string of the molecule is COc1ccccc1CC(=O)N1CCCC(c2cc(-c3ncc[nH]3)nc(C)n2)C1. The first kappa shape index (κ1) is 19.1. The second-order valence-electron chi connectivity index (χ2n) is 7.33. The van der Waals surface area contributed by atoms with Crippen molar-refractivity contribution in [3.05, 3.63) is 59.8 Å². The Labute approximate surface area is 170 Å².